The van der Waals surface area contributed by atoms with Gasteiger partial charge in [0.05, 0.1) is 36.4 Å². The molecule has 0 aliphatic carbocycles. The number of fused-ring (bicyclic) bond motifs is 1. The molecule has 0 spiro atoms. The van der Waals surface area contributed by atoms with Gasteiger partial charge < -0.3 is 19.0 Å². The first kappa shape index (κ1) is 20.6. The summed E-state index contributed by atoms with van der Waals surface area (Å²) < 4.78 is 11.9. The van der Waals surface area contributed by atoms with E-state index in [1.54, 1.807) is 25.3 Å². The number of rotatable bonds is 6. The lowest BCUT2D eigenvalue weighted by molar-refractivity contribution is 0.0601. The van der Waals surface area contributed by atoms with Crippen molar-refractivity contribution in [3.05, 3.63) is 64.2 Å². The molecule has 0 fully saturated rings. The molecule has 9 nitrogen and oxygen atoms in total. The Bertz CT molecular complexity index is 1330. The zero-order valence-corrected chi connectivity index (χ0v) is 17.9. The fourth-order valence-corrected chi connectivity index (χ4v) is 3.87. The van der Waals surface area contributed by atoms with Crippen LogP contribution in [-0.2, 0) is 17.5 Å². The van der Waals surface area contributed by atoms with Crippen molar-refractivity contribution in [2.75, 3.05) is 14.2 Å². The van der Waals surface area contributed by atoms with Gasteiger partial charge >= 0.3 is 5.97 Å². The number of methoxy groups -OCH3 is 2. The Labute approximate surface area is 181 Å². The molecule has 2 aromatic carbocycles. The highest BCUT2D eigenvalue weighted by Crippen LogP contribution is 2.26. The third-order valence-electron chi connectivity index (χ3n) is 4.68. The summed E-state index contributed by atoms with van der Waals surface area (Å²) in [6.45, 7) is 0. The molecular weight excluding hydrogens is 418 g/mol. The van der Waals surface area contributed by atoms with Crippen LogP contribution in [0.2, 0.25) is 0 Å². The van der Waals surface area contributed by atoms with Crippen LogP contribution in [0, 0.1) is 0 Å². The van der Waals surface area contributed by atoms with Crippen LogP contribution in [0.15, 0.2) is 52.4 Å². The van der Waals surface area contributed by atoms with Gasteiger partial charge in [-0.1, -0.05) is 23.9 Å². The summed E-state index contributed by atoms with van der Waals surface area (Å²) in [5.74, 6) is 1.79. The Morgan fingerprint density at radius 3 is 2.77 bits per heavy atom. The second-order valence-electron chi connectivity index (χ2n) is 6.62. The van der Waals surface area contributed by atoms with Gasteiger partial charge in [-0.3, -0.25) is 4.79 Å². The van der Waals surface area contributed by atoms with E-state index < -0.39 is 5.97 Å². The van der Waals surface area contributed by atoms with Gasteiger partial charge in [0, 0.05) is 12.6 Å². The van der Waals surface area contributed by atoms with E-state index in [0.29, 0.717) is 39.0 Å². The molecule has 0 saturated heterocycles. The molecule has 0 amide bonds. The van der Waals surface area contributed by atoms with E-state index in [1.807, 2.05) is 35.9 Å². The summed E-state index contributed by atoms with van der Waals surface area (Å²) in [6, 6.07) is 12.2. The highest BCUT2D eigenvalue weighted by Gasteiger charge is 2.14. The fourth-order valence-electron chi connectivity index (χ4n) is 3.09. The summed E-state index contributed by atoms with van der Waals surface area (Å²) in [6.07, 6.45) is 0. The number of benzene rings is 2. The lowest BCUT2D eigenvalue weighted by atomic mass is 10.1. The lowest BCUT2D eigenvalue weighted by Gasteiger charge is -2.06. The summed E-state index contributed by atoms with van der Waals surface area (Å²) in [7, 11) is 4.79. The Balaban J connectivity index is 1.58. The molecule has 0 bridgehead atoms. The normalized spacial score (nSPS) is 10.9. The Morgan fingerprint density at radius 1 is 1.16 bits per heavy atom. The minimum absolute atomic E-state index is 0.271. The monoisotopic (exact) mass is 437 g/mol. The van der Waals surface area contributed by atoms with Gasteiger partial charge in [0.25, 0.3) is 5.56 Å². The van der Waals surface area contributed by atoms with E-state index in [9.17, 15) is 9.59 Å². The average Bonchev–Trinajstić information content (AvgIpc) is 3.17. The SMILES string of the molecule is COC(=O)c1ccc2c(=O)[nH]c(CSc3nnc(-c4cccc(OC)c4)n3C)nc2c1. The van der Waals surface area contributed by atoms with Crippen molar-refractivity contribution in [3.63, 3.8) is 0 Å². The lowest BCUT2D eigenvalue weighted by Crippen LogP contribution is -2.12. The Morgan fingerprint density at radius 2 is 2.00 bits per heavy atom. The number of carbonyl (C=O) groups excluding carboxylic acids is 1. The molecule has 0 atom stereocenters. The first-order valence-electron chi connectivity index (χ1n) is 9.28. The van der Waals surface area contributed by atoms with Gasteiger partial charge in [-0.25, -0.2) is 9.78 Å². The first-order chi connectivity index (χ1) is 15.0. The van der Waals surface area contributed by atoms with Crippen molar-refractivity contribution in [3.8, 4) is 17.1 Å². The molecule has 2 heterocycles. The molecule has 31 heavy (non-hydrogen) atoms. The molecule has 0 aliphatic heterocycles. The summed E-state index contributed by atoms with van der Waals surface area (Å²) >= 11 is 1.39. The maximum atomic E-state index is 12.4. The molecule has 0 aliphatic rings. The van der Waals surface area contributed by atoms with E-state index >= 15 is 0 Å². The minimum atomic E-state index is -0.482. The van der Waals surface area contributed by atoms with Gasteiger partial charge in [-0.05, 0) is 30.3 Å². The third kappa shape index (κ3) is 4.15. The third-order valence-corrected chi connectivity index (χ3v) is 5.71. The maximum Gasteiger partial charge on any atom is 0.337 e. The molecule has 2 aromatic heterocycles. The highest BCUT2D eigenvalue weighted by atomic mass is 32.2. The summed E-state index contributed by atoms with van der Waals surface area (Å²) in [4.78, 5) is 31.4. The predicted molar refractivity (Wildman–Crippen MR) is 116 cm³/mol. The van der Waals surface area contributed by atoms with E-state index in [1.165, 1.54) is 18.9 Å². The number of carbonyl (C=O) groups is 1. The van der Waals surface area contributed by atoms with Gasteiger partial charge in [0.1, 0.15) is 11.6 Å². The maximum absolute atomic E-state index is 12.4. The standard InChI is InChI=1S/C21H19N5O4S/c1-26-18(12-5-4-6-14(9-12)29-2)24-25-21(26)31-11-17-22-16-10-13(20(28)30-3)7-8-15(16)19(27)23-17/h4-10H,11H2,1-3H3,(H,22,23,27). The van der Waals surface area contributed by atoms with E-state index in [0.717, 1.165) is 11.3 Å². The summed E-state index contributed by atoms with van der Waals surface area (Å²) in [5.41, 5.74) is 1.38. The van der Waals surface area contributed by atoms with E-state index in [-0.39, 0.29) is 5.56 Å². The largest absolute Gasteiger partial charge is 0.497 e. The molecule has 0 radical (unpaired) electrons. The number of nitrogens with one attached hydrogen (secondary N) is 1. The predicted octanol–water partition coefficient (Wildman–Crippen LogP) is 2.81. The second-order valence-corrected chi connectivity index (χ2v) is 7.56. The zero-order chi connectivity index (χ0) is 22.0. The number of nitrogens with zero attached hydrogens (tertiary/aromatic N) is 4. The van der Waals surface area contributed by atoms with E-state index in [4.69, 9.17) is 9.47 Å². The molecule has 158 valence electrons. The fraction of sp³-hybridized carbons (Fsp3) is 0.190. The van der Waals surface area contributed by atoms with Crippen LogP contribution in [0.25, 0.3) is 22.3 Å². The van der Waals surface area contributed by atoms with Crippen molar-refractivity contribution < 1.29 is 14.3 Å². The van der Waals surface area contributed by atoms with Crippen molar-refractivity contribution in [1.29, 1.82) is 0 Å². The Kier molecular flexibility index (Phi) is 5.72. The molecule has 0 saturated carbocycles. The number of hydrogen-bond acceptors (Lipinski definition) is 8. The number of hydrogen-bond donors (Lipinski definition) is 1. The van der Waals surface area contributed by atoms with Gasteiger partial charge in [-0.15, -0.1) is 10.2 Å². The van der Waals surface area contributed by atoms with Crippen LogP contribution < -0.4 is 10.3 Å². The molecule has 10 heteroatoms. The number of aromatic nitrogens is 5. The smallest absolute Gasteiger partial charge is 0.337 e. The average molecular weight is 437 g/mol. The van der Waals surface area contributed by atoms with Crippen molar-refractivity contribution in [2.24, 2.45) is 7.05 Å². The molecular formula is C21H19N5O4S. The number of H-pyrrole nitrogens is 1. The van der Waals surface area contributed by atoms with Gasteiger partial charge in [-0.2, -0.15) is 0 Å². The molecule has 4 rings (SSSR count). The van der Waals surface area contributed by atoms with Crippen molar-refractivity contribution >= 4 is 28.6 Å². The zero-order valence-electron chi connectivity index (χ0n) is 17.1. The summed E-state index contributed by atoms with van der Waals surface area (Å²) in [5, 5.41) is 9.60. The molecule has 4 aromatic rings. The van der Waals surface area contributed by atoms with Gasteiger partial charge in [0.15, 0.2) is 11.0 Å². The number of aromatic amines is 1. The second kappa shape index (κ2) is 8.60. The van der Waals surface area contributed by atoms with Crippen molar-refractivity contribution in [1.82, 2.24) is 24.7 Å². The van der Waals surface area contributed by atoms with Crippen LogP contribution in [0.3, 0.4) is 0 Å². The Hall–Kier alpha value is -3.66. The highest BCUT2D eigenvalue weighted by molar-refractivity contribution is 7.98. The van der Waals surface area contributed by atoms with Crippen LogP contribution in [0.5, 0.6) is 5.75 Å². The van der Waals surface area contributed by atoms with E-state index in [2.05, 4.69) is 20.2 Å². The van der Waals surface area contributed by atoms with Crippen LogP contribution in [0.4, 0.5) is 0 Å². The minimum Gasteiger partial charge on any atom is -0.497 e. The van der Waals surface area contributed by atoms with Crippen LogP contribution in [-0.4, -0.2) is 44.9 Å². The van der Waals surface area contributed by atoms with Crippen molar-refractivity contribution in [2.45, 2.75) is 10.9 Å². The van der Waals surface area contributed by atoms with Crippen LogP contribution in [0.1, 0.15) is 16.2 Å². The van der Waals surface area contributed by atoms with Crippen LogP contribution >= 0.6 is 11.8 Å². The number of esters is 1. The number of ether oxygens (including phenoxy) is 2. The molecule has 1 N–H and O–H groups in total. The molecule has 0 unspecified atom stereocenters. The number of thioether (sulfide) groups is 1. The first-order valence-corrected chi connectivity index (χ1v) is 10.3. The van der Waals surface area contributed by atoms with Gasteiger partial charge in [0.2, 0.25) is 0 Å². The quantitative estimate of drug-likeness (QED) is 0.362. The topological polar surface area (TPSA) is 112 Å².